The van der Waals surface area contributed by atoms with Crippen LogP contribution in [0, 0.1) is 5.82 Å². The Morgan fingerprint density at radius 1 is 1.38 bits per heavy atom. The van der Waals surface area contributed by atoms with Gasteiger partial charge in [0.25, 0.3) is 0 Å². The Hall–Kier alpha value is -1.14. The van der Waals surface area contributed by atoms with E-state index in [9.17, 15) is 12.8 Å². The highest BCUT2D eigenvalue weighted by atomic mass is 32.2. The lowest BCUT2D eigenvalue weighted by Gasteiger charge is -2.22. The first-order valence-electron chi connectivity index (χ1n) is 4.80. The van der Waals surface area contributed by atoms with Gasteiger partial charge in [0.2, 0.25) is 10.0 Å². The van der Waals surface area contributed by atoms with Crippen LogP contribution in [-0.4, -0.2) is 32.9 Å². The second-order valence-corrected chi connectivity index (χ2v) is 5.27. The number of rotatable bonds is 5. The van der Waals surface area contributed by atoms with Gasteiger partial charge in [-0.3, -0.25) is 4.31 Å². The van der Waals surface area contributed by atoms with Gasteiger partial charge in [0, 0.05) is 13.2 Å². The van der Waals surface area contributed by atoms with Crippen molar-refractivity contribution in [3.63, 3.8) is 0 Å². The highest BCUT2D eigenvalue weighted by Crippen LogP contribution is 2.21. The van der Waals surface area contributed by atoms with Crippen molar-refractivity contribution in [3.05, 3.63) is 30.1 Å². The molecule has 1 N–H and O–H groups in total. The maximum Gasteiger partial charge on any atom is 0.232 e. The van der Waals surface area contributed by atoms with Gasteiger partial charge in [-0.25, -0.2) is 12.8 Å². The Labute approximate surface area is 94.4 Å². The minimum atomic E-state index is -3.53. The normalized spacial score (nSPS) is 11.4. The zero-order chi connectivity index (χ0) is 12.2. The Morgan fingerprint density at radius 2 is 2.00 bits per heavy atom. The molecular formula is C10H14FNO3S. The SMILES string of the molecule is CS(=O)(=O)N(CCCO)c1ccccc1F. The van der Waals surface area contributed by atoms with Crippen molar-refractivity contribution in [2.75, 3.05) is 23.7 Å². The molecule has 6 heteroatoms. The smallest absolute Gasteiger partial charge is 0.232 e. The standard InChI is InChI=1S/C10H14FNO3S/c1-16(14,15)12(7-4-8-13)10-6-3-2-5-9(10)11/h2-3,5-6,13H,4,7-8H2,1H3. The van der Waals surface area contributed by atoms with E-state index < -0.39 is 15.8 Å². The number of aliphatic hydroxyl groups excluding tert-OH is 1. The first-order valence-corrected chi connectivity index (χ1v) is 6.64. The maximum atomic E-state index is 13.4. The van der Waals surface area contributed by atoms with Crippen LogP contribution in [0.1, 0.15) is 6.42 Å². The molecule has 16 heavy (non-hydrogen) atoms. The minimum absolute atomic E-state index is 0.0125. The van der Waals surface area contributed by atoms with E-state index in [1.165, 1.54) is 18.2 Å². The van der Waals surface area contributed by atoms with Crippen molar-refractivity contribution >= 4 is 15.7 Å². The molecule has 0 saturated heterocycles. The topological polar surface area (TPSA) is 57.6 Å². The first kappa shape index (κ1) is 12.9. The average molecular weight is 247 g/mol. The Morgan fingerprint density at radius 3 is 2.50 bits per heavy atom. The van der Waals surface area contributed by atoms with E-state index in [4.69, 9.17) is 5.11 Å². The number of para-hydroxylation sites is 1. The molecule has 0 unspecified atom stereocenters. The van der Waals surface area contributed by atoms with Crippen molar-refractivity contribution in [1.29, 1.82) is 0 Å². The van der Waals surface area contributed by atoms with E-state index in [2.05, 4.69) is 0 Å². The predicted molar refractivity (Wildman–Crippen MR) is 60.3 cm³/mol. The Balaban J connectivity index is 3.07. The van der Waals surface area contributed by atoms with E-state index in [0.29, 0.717) is 0 Å². The fraction of sp³-hybridized carbons (Fsp3) is 0.400. The van der Waals surface area contributed by atoms with Crippen LogP contribution < -0.4 is 4.31 Å². The van der Waals surface area contributed by atoms with E-state index in [-0.39, 0.29) is 25.3 Å². The molecule has 0 radical (unpaired) electrons. The van der Waals surface area contributed by atoms with E-state index in [0.717, 1.165) is 10.6 Å². The van der Waals surface area contributed by atoms with Gasteiger partial charge in [0.05, 0.1) is 11.9 Å². The summed E-state index contributed by atoms with van der Waals surface area (Å²) in [4.78, 5) is 0. The summed E-state index contributed by atoms with van der Waals surface area (Å²) in [6, 6.07) is 5.65. The molecule has 1 aromatic rings. The molecule has 0 bridgehead atoms. The van der Waals surface area contributed by atoms with Gasteiger partial charge in [-0.1, -0.05) is 12.1 Å². The first-order chi connectivity index (χ1) is 7.46. The quantitative estimate of drug-likeness (QED) is 0.843. The lowest BCUT2D eigenvalue weighted by atomic mass is 10.3. The molecule has 4 nitrogen and oxygen atoms in total. The molecule has 0 spiro atoms. The molecule has 0 heterocycles. The molecule has 0 atom stereocenters. The van der Waals surface area contributed by atoms with Crippen molar-refractivity contribution in [3.8, 4) is 0 Å². The van der Waals surface area contributed by atoms with Crippen molar-refractivity contribution in [2.24, 2.45) is 0 Å². The van der Waals surface area contributed by atoms with Gasteiger partial charge in [-0.15, -0.1) is 0 Å². The summed E-state index contributed by atoms with van der Waals surface area (Å²) < 4.78 is 37.3. The Bertz CT molecular complexity index is 447. The van der Waals surface area contributed by atoms with Crippen LogP contribution in [0.15, 0.2) is 24.3 Å². The van der Waals surface area contributed by atoms with E-state index in [1.807, 2.05) is 0 Å². The number of halogens is 1. The molecule has 0 saturated carbocycles. The zero-order valence-electron chi connectivity index (χ0n) is 8.93. The van der Waals surface area contributed by atoms with Crippen LogP contribution >= 0.6 is 0 Å². The highest BCUT2D eigenvalue weighted by Gasteiger charge is 2.19. The second kappa shape index (κ2) is 5.27. The number of hydrogen-bond acceptors (Lipinski definition) is 3. The van der Waals surface area contributed by atoms with Crippen LogP contribution in [-0.2, 0) is 10.0 Å². The van der Waals surface area contributed by atoms with Gasteiger partial charge in [-0.05, 0) is 18.6 Å². The molecular weight excluding hydrogens is 233 g/mol. The molecule has 0 aromatic heterocycles. The fourth-order valence-electron chi connectivity index (χ4n) is 1.33. The summed E-state index contributed by atoms with van der Waals surface area (Å²) in [5.41, 5.74) is 0.0125. The van der Waals surface area contributed by atoms with Crippen molar-refractivity contribution < 1.29 is 17.9 Å². The summed E-state index contributed by atoms with van der Waals surface area (Å²) >= 11 is 0. The van der Waals surface area contributed by atoms with Crippen LogP contribution in [0.5, 0.6) is 0 Å². The lowest BCUT2D eigenvalue weighted by Crippen LogP contribution is -2.32. The monoisotopic (exact) mass is 247 g/mol. The summed E-state index contributed by atoms with van der Waals surface area (Å²) in [5, 5.41) is 8.68. The Kier molecular flexibility index (Phi) is 4.26. The number of sulfonamides is 1. The summed E-state index contributed by atoms with van der Waals surface area (Å²) in [6.45, 7) is -0.0727. The third kappa shape index (κ3) is 3.18. The largest absolute Gasteiger partial charge is 0.396 e. The van der Waals surface area contributed by atoms with Crippen LogP contribution in [0.3, 0.4) is 0 Å². The van der Waals surface area contributed by atoms with Crippen LogP contribution in [0.4, 0.5) is 10.1 Å². The molecule has 0 amide bonds. The van der Waals surface area contributed by atoms with Gasteiger partial charge in [0.1, 0.15) is 5.82 Å². The van der Waals surface area contributed by atoms with E-state index in [1.54, 1.807) is 6.07 Å². The van der Waals surface area contributed by atoms with Gasteiger partial charge in [-0.2, -0.15) is 0 Å². The van der Waals surface area contributed by atoms with Crippen molar-refractivity contribution in [2.45, 2.75) is 6.42 Å². The summed E-state index contributed by atoms with van der Waals surface area (Å²) in [5.74, 6) is -0.592. The van der Waals surface area contributed by atoms with E-state index >= 15 is 0 Å². The molecule has 1 aromatic carbocycles. The van der Waals surface area contributed by atoms with Gasteiger partial charge >= 0.3 is 0 Å². The zero-order valence-corrected chi connectivity index (χ0v) is 9.74. The lowest BCUT2D eigenvalue weighted by molar-refractivity contribution is 0.291. The molecule has 0 aliphatic rings. The van der Waals surface area contributed by atoms with Crippen molar-refractivity contribution in [1.82, 2.24) is 0 Å². The van der Waals surface area contributed by atoms with Gasteiger partial charge < -0.3 is 5.11 Å². The number of nitrogens with zero attached hydrogens (tertiary/aromatic N) is 1. The third-order valence-corrected chi connectivity index (χ3v) is 3.22. The second-order valence-electron chi connectivity index (χ2n) is 3.36. The fourth-order valence-corrected chi connectivity index (χ4v) is 2.30. The van der Waals surface area contributed by atoms with Crippen LogP contribution in [0.2, 0.25) is 0 Å². The molecule has 0 fully saturated rings. The molecule has 1 rings (SSSR count). The predicted octanol–water partition coefficient (Wildman–Crippen LogP) is 0.974. The minimum Gasteiger partial charge on any atom is -0.396 e. The number of hydrogen-bond donors (Lipinski definition) is 1. The van der Waals surface area contributed by atoms with Crippen LogP contribution in [0.25, 0.3) is 0 Å². The summed E-state index contributed by atoms with van der Waals surface area (Å²) in [7, 11) is -3.53. The third-order valence-electron chi connectivity index (χ3n) is 2.04. The average Bonchev–Trinajstić information content (AvgIpc) is 2.19. The summed E-state index contributed by atoms with van der Waals surface area (Å²) in [6.07, 6.45) is 1.28. The molecule has 0 aliphatic carbocycles. The number of aliphatic hydroxyl groups is 1. The molecule has 90 valence electrons. The number of anilines is 1. The molecule has 0 aliphatic heterocycles. The van der Waals surface area contributed by atoms with Gasteiger partial charge in [0.15, 0.2) is 0 Å². The highest BCUT2D eigenvalue weighted by molar-refractivity contribution is 7.92. The maximum absolute atomic E-state index is 13.4. The number of benzene rings is 1.